The standard InChI is InChI=1S/C16H21NO5/c1-4-14(18)17(9-8-15(19)20)13-7-5-6-12(10-13)16(21)22-11(2)3/h5-7,10-11H,4,8-9H2,1-3H3,(H,19,20). The van der Waals surface area contributed by atoms with Crippen molar-refractivity contribution in [3.8, 4) is 0 Å². The van der Waals surface area contributed by atoms with Crippen molar-refractivity contribution in [2.45, 2.75) is 39.7 Å². The molecule has 1 rings (SSSR count). The van der Waals surface area contributed by atoms with E-state index in [9.17, 15) is 14.4 Å². The molecule has 0 saturated heterocycles. The van der Waals surface area contributed by atoms with Crippen LogP contribution in [0.3, 0.4) is 0 Å². The lowest BCUT2D eigenvalue weighted by atomic mass is 10.1. The van der Waals surface area contributed by atoms with Gasteiger partial charge >= 0.3 is 11.9 Å². The number of hydrogen-bond donors (Lipinski definition) is 1. The smallest absolute Gasteiger partial charge is 0.338 e. The van der Waals surface area contributed by atoms with E-state index in [4.69, 9.17) is 9.84 Å². The van der Waals surface area contributed by atoms with Gasteiger partial charge in [0, 0.05) is 18.7 Å². The van der Waals surface area contributed by atoms with E-state index >= 15 is 0 Å². The van der Waals surface area contributed by atoms with Crippen LogP contribution in [0.4, 0.5) is 5.69 Å². The van der Waals surface area contributed by atoms with Gasteiger partial charge in [0.2, 0.25) is 5.91 Å². The van der Waals surface area contributed by atoms with Crippen LogP contribution in [0.2, 0.25) is 0 Å². The summed E-state index contributed by atoms with van der Waals surface area (Å²) in [7, 11) is 0. The van der Waals surface area contributed by atoms with Crippen molar-refractivity contribution in [1.29, 1.82) is 0 Å². The minimum atomic E-state index is -0.982. The fraction of sp³-hybridized carbons (Fsp3) is 0.438. The van der Waals surface area contributed by atoms with Crippen LogP contribution in [-0.2, 0) is 14.3 Å². The number of ether oxygens (including phenoxy) is 1. The molecule has 6 heteroatoms. The molecule has 0 atom stereocenters. The molecule has 0 aliphatic rings. The van der Waals surface area contributed by atoms with Crippen molar-refractivity contribution in [3.63, 3.8) is 0 Å². The van der Waals surface area contributed by atoms with E-state index in [-0.39, 0.29) is 31.4 Å². The van der Waals surface area contributed by atoms with E-state index in [1.165, 1.54) is 4.90 Å². The molecule has 0 heterocycles. The zero-order valence-corrected chi connectivity index (χ0v) is 13.0. The monoisotopic (exact) mass is 307 g/mol. The fourth-order valence-corrected chi connectivity index (χ4v) is 1.88. The molecule has 1 amide bonds. The third-order valence-electron chi connectivity index (χ3n) is 2.89. The molecule has 0 fully saturated rings. The Hall–Kier alpha value is -2.37. The van der Waals surface area contributed by atoms with E-state index in [0.29, 0.717) is 11.3 Å². The maximum absolute atomic E-state index is 12.0. The number of anilines is 1. The molecular weight excluding hydrogens is 286 g/mol. The highest BCUT2D eigenvalue weighted by Crippen LogP contribution is 2.19. The molecule has 1 N–H and O–H groups in total. The molecule has 0 aliphatic heterocycles. The lowest BCUT2D eigenvalue weighted by Gasteiger charge is -2.22. The molecule has 0 saturated carbocycles. The predicted molar refractivity (Wildman–Crippen MR) is 81.9 cm³/mol. The average molecular weight is 307 g/mol. The number of nitrogens with zero attached hydrogens (tertiary/aromatic N) is 1. The molecule has 6 nitrogen and oxygen atoms in total. The van der Waals surface area contributed by atoms with Crippen molar-refractivity contribution in [3.05, 3.63) is 29.8 Å². The fourth-order valence-electron chi connectivity index (χ4n) is 1.88. The number of rotatable bonds is 7. The maximum atomic E-state index is 12.0. The van der Waals surface area contributed by atoms with E-state index in [1.807, 2.05) is 0 Å². The Balaban J connectivity index is 3.01. The summed E-state index contributed by atoms with van der Waals surface area (Å²) < 4.78 is 5.12. The normalized spacial score (nSPS) is 10.4. The van der Waals surface area contributed by atoms with Gasteiger partial charge in [-0.3, -0.25) is 9.59 Å². The largest absolute Gasteiger partial charge is 0.481 e. The van der Waals surface area contributed by atoms with Gasteiger partial charge in [-0.1, -0.05) is 13.0 Å². The van der Waals surface area contributed by atoms with Gasteiger partial charge in [-0.25, -0.2) is 4.79 Å². The van der Waals surface area contributed by atoms with Crippen LogP contribution in [0.5, 0.6) is 0 Å². The minimum Gasteiger partial charge on any atom is -0.481 e. The number of carbonyl (C=O) groups is 3. The van der Waals surface area contributed by atoms with Gasteiger partial charge in [0.15, 0.2) is 0 Å². The van der Waals surface area contributed by atoms with Gasteiger partial charge in [0.1, 0.15) is 0 Å². The topological polar surface area (TPSA) is 83.9 Å². The molecule has 0 aliphatic carbocycles. The van der Waals surface area contributed by atoms with Crippen LogP contribution in [-0.4, -0.2) is 35.6 Å². The summed E-state index contributed by atoms with van der Waals surface area (Å²) in [6, 6.07) is 6.45. The van der Waals surface area contributed by atoms with Crippen LogP contribution in [0.25, 0.3) is 0 Å². The third-order valence-corrected chi connectivity index (χ3v) is 2.89. The molecule has 22 heavy (non-hydrogen) atoms. The van der Waals surface area contributed by atoms with E-state index < -0.39 is 11.9 Å². The molecule has 0 aromatic heterocycles. The summed E-state index contributed by atoms with van der Waals surface area (Å²) in [5.74, 6) is -1.65. The van der Waals surface area contributed by atoms with Crippen LogP contribution < -0.4 is 4.90 Å². The molecule has 0 bridgehead atoms. The minimum absolute atomic E-state index is 0.0602. The van der Waals surface area contributed by atoms with Crippen LogP contribution in [0.1, 0.15) is 44.0 Å². The molecule has 1 aromatic rings. The molecule has 1 aromatic carbocycles. The number of carboxylic acid groups (broad SMARTS) is 1. The van der Waals surface area contributed by atoms with Crippen molar-refractivity contribution in [1.82, 2.24) is 0 Å². The Kier molecular flexibility index (Phi) is 6.56. The van der Waals surface area contributed by atoms with Gasteiger partial charge in [-0.05, 0) is 32.0 Å². The first-order valence-electron chi connectivity index (χ1n) is 7.18. The first-order chi connectivity index (χ1) is 10.3. The number of benzene rings is 1. The second-order valence-corrected chi connectivity index (χ2v) is 5.05. The van der Waals surface area contributed by atoms with E-state index in [0.717, 1.165) is 0 Å². The lowest BCUT2D eigenvalue weighted by Crippen LogP contribution is -2.32. The van der Waals surface area contributed by atoms with Gasteiger partial charge in [-0.15, -0.1) is 0 Å². The number of carbonyl (C=O) groups excluding carboxylic acids is 2. The summed E-state index contributed by atoms with van der Waals surface area (Å²) in [5.41, 5.74) is 0.821. The van der Waals surface area contributed by atoms with Crippen molar-refractivity contribution in [2.75, 3.05) is 11.4 Å². The molecular formula is C16H21NO5. The second kappa shape index (κ2) is 8.17. The summed E-state index contributed by atoms with van der Waals surface area (Å²) in [6.45, 7) is 5.26. The lowest BCUT2D eigenvalue weighted by molar-refractivity contribution is -0.136. The summed E-state index contributed by atoms with van der Waals surface area (Å²) >= 11 is 0. The number of carboxylic acids is 1. The Labute approximate surface area is 129 Å². The Morgan fingerprint density at radius 1 is 1.27 bits per heavy atom. The maximum Gasteiger partial charge on any atom is 0.338 e. The first-order valence-corrected chi connectivity index (χ1v) is 7.18. The molecule has 0 radical (unpaired) electrons. The molecule has 120 valence electrons. The Morgan fingerprint density at radius 2 is 1.95 bits per heavy atom. The van der Waals surface area contributed by atoms with Crippen LogP contribution in [0.15, 0.2) is 24.3 Å². The zero-order valence-electron chi connectivity index (χ0n) is 13.0. The van der Waals surface area contributed by atoms with E-state index in [1.54, 1.807) is 45.0 Å². The first kappa shape index (κ1) is 17.7. The second-order valence-electron chi connectivity index (χ2n) is 5.05. The SMILES string of the molecule is CCC(=O)N(CCC(=O)O)c1cccc(C(=O)OC(C)C)c1. The zero-order chi connectivity index (χ0) is 16.7. The summed E-state index contributed by atoms with van der Waals surface area (Å²) in [6.07, 6.45) is -0.149. The quantitative estimate of drug-likeness (QED) is 0.782. The van der Waals surface area contributed by atoms with Gasteiger partial charge in [0.05, 0.1) is 18.1 Å². The van der Waals surface area contributed by atoms with Gasteiger partial charge in [-0.2, -0.15) is 0 Å². The van der Waals surface area contributed by atoms with Crippen LogP contribution >= 0.6 is 0 Å². The Morgan fingerprint density at radius 3 is 2.50 bits per heavy atom. The third kappa shape index (κ3) is 5.20. The van der Waals surface area contributed by atoms with Gasteiger partial charge in [0.25, 0.3) is 0 Å². The van der Waals surface area contributed by atoms with Crippen molar-refractivity contribution in [2.24, 2.45) is 0 Å². The predicted octanol–water partition coefficient (Wildman–Crippen LogP) is 2.47. The highest BCUT2D eigenvalue weighted by atomic mass is 16.5. The van der Waals surface area contributed by atoms with Crippen molar-refractivity contribution >= 4 is 23.5 Å². The summed E-state index contributed by atoms with van der Waals surface area (Å²) in [5, 5.41) is 8.79. The number of amides is 1. The number of aliphatic carboxylic acids is 1. The Bertz CT molecular complexity index is 553. The highest BCUT2D eigenvalue weighted by Gasteiger charge is 2.17. The number of hydrogen-bond acceptors (Lipinski definition) is 4. The average Bonchev–Trinajstić information content (AvgIpc) is 2.46. The van der Waals surface area contributed by atoms with Crippen LogP contribution in [0, 0.1) is 0 Å². The summed E-state index contributed by atoms with van der Waals surface area (Å²) in [4.78, 5) is 36.0. The van der Waals surface area contributed by atoms with Gasteiger partial charge < -0.3 is 14.7 Å². The molecule has 0 spiro atoms. The highest BCUT2D eigenvalue weighted by molar-refractivity contribution is 5.96. The molecule has 0 unspecified atom stereocenters. The van der Waals surface area contributed by atoms with E-state index in [2.05, 4.69) is 0 Å². The number of esters is 1. The van der Waals surface area contributed by atoms with Crippen molar-refractivity contribution < 1.29 is 24.2 Å².